The second-order valence-electron chi connectivity index (χ2n) is 5.35. The van der Waals surface area contributed by atoms with E-state index in [0.29, 0.717) is 5.56 Å². The highest BCUT2D eigenvalue weighted by atomic mass is 16.2. The van der Waals surface area contributed by atoms with Crippen LogP contribution in [0.2, 0.25) is 0 Å². The SMILES string of the molecule is CCc1ccccc1NC(=O)CCC(=O)c1ccc(C)cc1. The third-order valence-electron chi connectivity index (χ3n) is 3.63. The Morgan fingerprint density at radius 1 is 0.955 bits per heavy atom. The molecular formula is C19H21NO2. The molecule has 3 heteroatoms. The van der Waals surface area contributed by atoms with Gasteiger partial charge in [-0.25, -0.2) is 0 Å². The summed E-state index contributed by atoms with van der Waals surface area (Å²) < 4.78 is 0. The first-order valence-corrected chi connectivity index (χ1v) is 7.57. The Labute approximate surface area is 131 Å². The molecule has 0 radical (unpaired) electrons. The lowest BCUT2D eigenvalue weighted by atomic mass is 10.0. The Morgan fingerprint density at radius 2 is 1.64 bits per heavy atom. The maximum absolute atomic E-state index is 12.1. The van der Waals surface area contributed by atoms with Gasteiger partial charge in [-0.1, -0.05) is 55.0 Å². The summed E-state index contributed by atoms with van der Waals surface area (Å²) in [7, 11) is 0. The number of hydrogen-bond donors (Lipinski definition) is 1. The van der Waals surface area contributed by atoms with Gasteiger partial charge in [0.2, 0.25) is 5.91 Å². The minimum Gasteiger partial charge on any atom is -0.326 e. The number of carbonyl (C=O) groups excluding carboxylic acids is 2. The number of para-hydroxylation sites is 1. The molecule has 0 spiro atoms. The minimum atomic E-state index is -0.124. The van der Waals surface area contributed by atoms with Crippen LogP contribution in [-0.4, -0.2) is 11.7 Å². The molecule has 0 saturated carbocycles. The van der Waals surface area contributed by atoms with Crippen LogP contribution in [0.4, 0.5) is 5.69 Å². The highest BCUT2D eigenvalue weighted by molar-refractivity contribution is 6.00. The van der Waals surface area contributed by atoms with Crippen LogP contribution >= 0.6 is 0 Å². The molecule has 0 aliphatic rings. The third-order valence-corrected chi connectivity index (χ3v) is 3.63. The van der Waals surface area contributed by atoms with Gasteiger partial charge in [0.05, 0.1) is 0 Å². The highest BCUT2D eigenvalue weighted by Crippen LogP contribution is 2.16. The van der Waals surface area contributed by atoms with Gasteiger partial charge < -0.3 is 5.32 Å². The van der Waals surface area contributed by atoms with Crippen molar-refractivity contribution in [2.45, 2.75) is 33.1 Å². The predicted octanol–water partition coefficient (Wildman–Crippen LogP) is 4.16. The molecule has 22 heavy (non-hydrogen) atoms. The molecule has 0 unspecified atom stereocenters. The molecule has 0 saturated heterocycles. The van der Waals surface area contributed by atoms with Gasteiger partial charge in [-0.3, -0.25) is 9.59 Å². The molecule has 3 nitrogen and oxygen atoms in total. The molecule has 1 amide bonds. The summed E-state index contributed by atoms with van der Waals surface area (Å²) in [6.07, 6.45) is 1.28. The van der Waals surface area contributed by atoms with Gasteiger partial charge >= 0.3 is 0 Å². The van der Waals surface area contributed by atoms with Gasteiger partial charge in [-0.05, 0) is 25.0 Å². The summed E-state index contributed by atoms with van der Waals surface area (Å²) >= 11 is 0. The van der Waals surface area contributed by atoms with Gasteiger partial charge in [0.15, 0.2) is 5.78 Å². The maximum atomic E-state index is 12.1. The molecule has 2 rings (SSSR count). The van der Waals surface area contributed by atoms with E-state index in [1.165, 1.54) is 0 Å². The van der Waals surface area contributed by atoms with Crippen LogP contribution in [-0.2, 0) is 11.2 Å². The van der Waals surface area contributed by atoms with Crippen molar-refractivity contribution < 1.29 is 9.59 Å². The van der Waals surface area contributed by atoms with Gasteiger partial charge in [0, 0.05) is 24.1 Å². The number of amides is 1. The zero-order chi connectivity index (χ0) is 15.9. The Balaban J connectivity index is 1.90. The van der Waals surface area contributed by atoms with E-state index in [1.807, 2.05) is 62.4 Å². The van der Waals surface area contributed by atoms with Crippen LogP contribution in [0.5, 0.6) is 0 Å². The summed E-state index contributed by atoms with van der Waals surface area (Å²) in [6.45, 7) is 4.03. The normalized spacial score (nSPS) is 10.3. The maximum Gasteiger partial charge on any atom is 0.224 e. The highest BCUT2D eigenvalue weighted by Gasteiger charge is 2.10. The minimum absolute atomic E-state index is 0.000994. The number of anilines is 1. The van der Waals surface area contributed by atoms with Crippen LogP contribution in [0.3, 0.4) is 0 Å². The van der Waals surface area contributed by atoms with Crippen molar-refractivity contribution >= 4 is 17.4 Å². The van der Waals surface area contributed by atoms with Gasteiger partial charge in [-0.2, -0.15) is 0 Å². The van der Waals surface area contributed by atoms with Crippen molar-refractivity contribution in [2.75, 3.05) is 5.32 Å². The Bertz CT molecular complexity index is 659. The fraction of sp³-hybridized carbons (Fsp3) is 0.263. The lowest BCUT2D eigenvalue weighted by Gasteiger charge is -2.09. The van der Waals surface area contributed by atoms with E-state index >= 15 is 0 Å². The van der Waals surface area contributed by atoms with Crippen LogP contribution < -0.4 is 5.32 Å². The van der Waals surface area contributed by atoms with Crippen molar-refractivity contribution in [3.8, 4) is 0 Å². The first kappa shape index (κ1) is 16.0. The van der Waals surface area contributed by atoms with Crippen LogP contribution in [0, 0.1) is 6.92 Å². The summed E-state index contributed by atoms with van der Waals surface area (Å²) in [4.78, 5) is 24.1. The van der Waals surface area contributed by atoms with Crippen LogP contribution in [0.25, 0.3) is 0 Å². The second kappa shape index (κ2) is 7.55. The summed E-state index contributed by atoms with van der Waals surface area (Å²) in [5.41, 5.74) is 3.70. The van der Waals surface area contributed by atoms with E-state index in [4.69, 9.17) is 0 Å². The van der Waals surface area contributed by atoms with E-state index in [9.17, 15) is 9.59 Å². The molecule has 0 bridgehead atoms. The van der Waals surface area contributed by atoms with E-state index in [-0.39, 0.29) is 24.5 Å². The monoisotopic (exact) mass is 295 g/mol. The molecular weight excluding hydrogens is 274 g/mol. The molecule has 0 aliphatic carbocycles. The quantitative estimate of drug-likeness (QED) is 0.813. The summed E-state index contributed by atoms with van der Waals surface area (Å²) in [5.74, 6) is -0.125. The molecule has 114 valence electrons. The number of Topliss-reactive ketones (excluding diaryl/α,β-unsaturated/α-hetero) is 1. The Kier molecular flexibility index (Phi) is 5.48. The van der Waals surface area contributed by atoms with Crippen LogP contribution in [0.1, 0.15) is 41.3 Å². The van der Waals surface area contributed by atoms with Crippen molar-refractivity contribution in [2.24, 2.45) is 0 Å². The van der Waals surface area contributed by atoms with E-state index in [2.05, 4.69) is 5.32 Å². The summed E-state index contributed by atoms with van der Waals surface area (Å²) in [5, 5.41) is 2.89. The van der Waals surface area contributed by atoms with E-state index in [1.54, 1.807) is 0 Å². The van der Waals surface area contributed by atoms with Gasteiger partial charge in [-0.15, -0.1) is 0 Å². The number of carbonyl (C=O) groups is 2. The topological polar surface area (TPSA) is 46.2 Å². The van der Waals surface area contributed by atoms with E-state index in [0.717, 1.165) is 23.2 Å². The molecule has 1 N–H and O–H groups in total. The van der Waals surface area contributed by atoms with Crippen molar-refractivity contribution in [3.05, 3.63) is 65.2 Å². The fourth-order valence-electron chi connectivity index (χ4n) is 2.27. The molecule has 2 aromatic carbocycles. The summed E-state index contributed by atoms with van der Waals surface area (Å²) in [6, 6.07) is 15.2. The standard InChI is InChI=1S/C19H21NO2/c1-3-15-6-4-5-7-17(15)20-19(22)13-12-18(21)16-10-8-14(2)9-11-16/h4-11H,3,12-13H2,1-2H3,(H,20,22). The first-order chi connectivity index (χ1) is 10.6. The predicted molar refractivity (Wildman–Crippen MR) is 89.2 cm³/mol. The average Bonchev–Trinajstić information content (AvgIpc) is 2.54. The molecule has 0 aromatic heterocycles. The van der Waals surface area contributed by atoms with Crippen LogP contribution in [0.15, 0.2) is 48.5 Å². The van der Waals surface area contributed by atoms with Crippen molar-refractivity contribution in [1.82, 2.24) is 0 Å². The molecule has 2 aromatic rings. The molecule has 0 aliphatic heterocycles. The average molecular weight is 295 g/mol. The van der Waals surface area contributed by atoms with Crippen molar-refractivity contribution in [3.63, 3.8) is 0 Å². The zero-order valence-corrected chi connectivity index (χ0v) is 13.1. The van der Waals surface area contributed by atoms with Crippen molar-refractivity contribution in [1.29, 1.82) is 0 Å². The smallest absolute Gasteiger partial charge is 0.224 e. The molecule has 0 fully saturated rings. The number of aryl methyl sites for hydroxylation is 2. The number of nitrogens with one attached hydrogen (secondary N) is 1. The first-order valence-electron chi connectivity index (χ1n) is 7.57. The van der Waals surface area contributed by atoms with Gasteiger partial charge in [0.1, 0.15) is 0 Å². The largest absolute Gasteiger partial charge is 0.326 e. The number of rotatable bonds is 6. The lowest BCUT2D eigenvalue weighted by Crippen LogP contribution is -2.14. The Hall–Kier alpha value is -2.42. The number of hydrogen-bond acceptors (Lipinski definition) is 2. The molecule has 0 heterocycles. The zero-order valence-electron chi connectivity index (χ0n) is 13.1. The Morgan fingerprint density at radius 3 is 2.32 bits per heavy atom. The number of benzene rings is 2. The number of ketones is 1. The fourth-order valence-corrected chi connectivity index (χ4v) is 2.27. The van der Waals surface area contributed by atoms with E-state index < -0.39 is 0 Å². The lowest BCUT2D eigenvalue weighted by molar-refractivity contribution is -0.116. The van der Waals surface area contributed by atoms with Gasteiger partial charge in [0.25, 0.3) is 0 Å². The molecule has 0 atom stereocenters. The third kappa shape index (κ3) is 4.29. The second-order valence-corrected chi connectivity index (χ2v) is 5.35.